The normalized spacial score (nSPS) is 24.3. The first-order chi connectivity index (χ1) is 16.8. The predicted octanol–water partition coefficient (Wildman–Crippen LogP) is 4.15. The number of hydrogen-bond acceptors (Lipinski definition) is 8. The molecule has 2 bridgehead atoms. The number of nitrogens with zero attached hydrogens (tertiary/aromatic N) is 4. The number of halogens is 2. The number of nitriles is 1. The molecule has 2 aromatic rings. The molecule has 11 heteroatoms. The molecule has 2 aliphatic heterocycles. The van der Waals surface area contributed by atoms with Gasteiger partial charge in [0.25, 0.3) is 5.88 Å². The van der Waals surface area contributed by atoms with Crippen LogP contribution in [0.4, 0.5) is 20.7 Å². The number of benzene rings is 1. The monoisotopic (exact) mass is 501 g/mol. The molecule has 1 aromatic heterocycles. The van der Waals surface area contributed by atoms with E-state index in [0.717, 1.165) is 12.8 Å². The van der Waals surface area contributed by atoms with Gasteiger partial charge in [0.15, 0.2) is 5.82 Å². The molecule has 184 valence electrons. The maximum absolute atomic E-state index is 15.3. The Bertz CT molecular complexity index is 1160. The van der Waals surface area contributed by atoms with Gasteiger partial charge in [-0.15, -0.1) is 0 Å². The number of amides is 1. The molecule has 2 atom stereocenters. The lowest BCUT2D eigenvalue weighted by Crippen LogP contribution is -2.58. The minimum absolute atomic E-state index is 0.0994. The number of nitrogens with one attached hydrogen (secondary N) is 1. The summed E-state index contributed by atoms with van der Waals surface area (Å²) < 4.78 is 32.5. The summed E-state index contributed by atoms with van der Waals surface area (Å²) in [6, 6.07) is 6.61. The Morgan fingerprint density at radius 1 is 1.34 bits per heavy atom. The number of piperidine rings is 1. The summed E-state index contributed by atoms with van der Waals surface area (Å²) in [6.07, 6.45) is 2.66. The molecule has 5 rings (SSSR count). The molecular weight excluding hydrogens is 477 g/mol. The van der Waals surface area contributed by atoms with Crippen LogP contribution in [0.25, 0.3) is 0 Å². The van der Waals surface area contributed by atoms with Crippen molar-refractivity contribution >= 4 is 29.2 Å². The van der Waals surface area contributed by atoms with E-state index < -0.39 is 5.82 Å². The number of hydrogen-bond donors (Lipinski definition) is 1. The molecule has 3 heterocycles. The minimum Gasteiger partial charge on any atom is -0.471 e. The van der Waals surface area contributed by atoms with E-state index >= 15 is 4.39 Å². The van der Waals surface area contributed by atoms with E-state index in [0.29, 0.717) is 44.2 Å². The van der Waals surface area contributed by atoms with Crippen LogP contribution < -0.4 is 10.1 Å². The van der Waals surface area contributed by atoms with Gasteiger partial charge >= 0.3 is 6.09 Å². The lowest BCUT2D eigenvalue weighted by molar-refractivity contribution is -0.111. The first kappa shape index (κ1) is 23.6. The van der Waals surface area contributed by atoms with Gasteiger partial charge in [-0.05, 0) is 31.0 Å². The Morgan fingerprint density at radius 2 is 2.09 bits per heavy atom. The highest BCUT2D eigenvalue weighted by Crippen LogP contribution is 2.45. The van der Waals surface area contributed by atoms with E-state index in [1.807, 2.05) is 6.07 Å². The van der Waals surface area contributed by atoms with Gasteiger partial charge in [-0.1, -0.05) is 18.5 Å². The number of ether oxygens (including phenoxy) is 3. The van der Waals surface area contributed by atoms with Gasteiger partial charge in [0.1, 0.15) is 12.4 Å². The second kappa shape index (κ2) is 9.47. The Kier molecular flexibility index (Phi) is 6.38. The van der Waals surface area contributed by atoms with Crippen LogP contribution in [-0.2, 0) is 9.47 Å². The van der Waals surface area contributed by atoms with Gasteiger partial charge in [0.05, 0.1) is 42.2 Å². The summed E-state index contributed by atoms with van der Waals surface area (Å²) in [6.45, 7) is 4.12. The SMILES string of the molecule is CC1(COC(=O)N2CC3COCC(C2)C3Oc2ncnc(Nc3ccc(C#N)cc3Cl)c2F)CC1. The van der Waals surface area contributed by atoms with Crippen molar-refractivity contribution in [3.05, 3.63) is 40.9 Å². The van der Waals surface area contributed by atoms with Crippen molar-refractivity contribution in [2.45, 2.75) is 25.9 Å². The topological polar surface area (TPSA) is 110 Å². The summed E-state index contributed by atoms with van der Waals surface area (Å²) in [7, 11) is 0. The number of anilines is 2. The van der Waals surface area contributed by atoms with Gasteiger partial charge in [-0.25, -0.2) is 9.78 Å². The summed E-state index contributed by atoms with van der Waals surface area (Å²) in [5.41, 5.74) is 0.902. The lowest BCUT2D eigenvalue weighted by Gasteiger charge is -2.45. The van der Waals surface area contributed by atoms with E-state index in [1.165, 1.54) is 12.4 Å². The Morgan fingerprint density at radius 3 is 2.74 bits per heavy atom. The van der Waals surface area contributed by atoms with Crippen molar-refractivity contribution in [3.63, 3.8) is 0 Å². The molecule has 1 aliphatic carbocycles. The summed E-state index contributed by atoms with van der Waals surface area (Å²) in [4.78, 5) is 22.3. The van der Waals surface area contributed by atoms with Crippen molar-refractivity contribution in [2.75, 3.05) is 38.2 Å². The Labute approximate surface area is 207 Å². The third kappa shape index (κ3) is 5.11. The maximum atomic E-state index is 15.3. The molecule has 35 heavy (non-hydrogen) atoms. The van der Waals surface area contributed by atoms with E-state index in [9.17, 15) is 4.79 Å². The van der Waals surface area contributed by atoms with Gasteiger partial charge in [-0.2, -0.15) is 14.6 Å². The number of likely N-dealkylation sites (tertiary alicyclic amines) is 1. The largest absolute Gasteiger partial charge is 0.471 e. The fraction of sp³-hybridized carbons (Fsp3) is 0.500. The van der Waals surface area contributed by atoms with Crippen LogP contribution in [0.2, 0.25) is 5.02 Å². The maximum Gasteiger partial charge on any atom is 0.409 e. The summed E-state index contributed by atoms with van der Waals surface area (Å²) in [5, 5.41) is 12.1. The average molecular weight is 502 g/mol. The number of rotatable bonds is 6. The summed E-state index contributed by atoms with van der Waals surface area (Å²) in [5.74, 6) is -1.34. The highest BCUT2D eigenvalue weighted by Gasteiger charge is 2.45. The molecule has 1 N–H and O–H groups in total. The highest BCUT2D eigenvalue weighted by atomic mass is 35.5. The van der Waals surface area contributed by atoms with E-state index in [2.05, 4.69) is 22.2 Å². The van der Waals surface area contributed by atoms with E-state index in [-0.39, 0.29) is 46.2 Å². The van der Waals surface area contributed by atoms with Crippen LogP contribution in [0.1, 0.15) is 25.3 Å². The fourth-order valence-corrected chi connectivity index (χ4v) is 4.62. The van der Waals surface area contributed by atoms with Crippen molar-refractivity contribution in [2.24, 2.45) is 17.3 Å². The zero-order valence-electron chi connectivity index (χ0n) is 19.2. The van der Waals surface area contributed by atoms with Crippen LogP contribution in [0.3, 0.4) is 0 Å². The number of aromatic nitrogens is 2. The van der Waals surface area contributed by atoms with Crippen molar-refractivity contribution < 1.29 is 23.4 Å². The van der Waals surface area contributed by atoms with Crippen molar-refractivity contribution in [1.82, 2.24) is 14.9 Å². The van der Waals surface area contributed by atoms with Crippen LogP contribution in [0, 0.1) is 34.4 Å². The molecule has 1 aromatic carbocycles. The lowest BCUT2D eigenvalue weighted by atomic mass is 9.84. The third-order valence-electron chi connectivity index (χ3n) is 6.77. The standard InChI is InChI=1S/C24H25ClFN5O4/c1-24(4-5-24)12-34-23(32)31-8-15-10-33-11-16(9-31)20(15)35-22-19(26)21(28-13-29-22)30-18-3-2-14(7-27)6-17(18)25/h2-3,6,13,15-16,20H,4-5,8-12H2,1H3,(H,28,29,30). The molecule has 0 spiro atoms. The van der Waals surface area contributed by atoms with Crippen molar-refractivity contribution in [1.29, 1.82) is 5.26 Å². The fourth-order valence-electron chi connectivity index (χ4n) is 4.39. The Hall–Kier alpha value is -3.16. The second-order valence-electron chi connectivity index (χ2n) is 9.68. The van der Waals surface area contributed by atoms with Gasteiger partial charge < -0.3 is 24.4 Å². The van der Waals surface area contributed by atoms with Gasteiger partial charge in [0, 0.05) is 30.3 Å². The summed E-state index contributed by atoms with van der Waals surface area (Å²) >= 11 is 6.19. The first-order valence-electron chi connectivity index (χ1n) is 11.5. The average Bonchev–Trinajstić information content (AvgIpc) is 3.58. The molecule has 9 nitrogen and oxygen atoms in total. The molecule has 0 radical (unpaired) electrons. The zero-order chi connectivity index (χ0) is 24.6. The smallest absolute Gasteiger partial charge is 0.409 e. The Balaban J connectivity index is 1.27. The molecule has 3 fully saturated rings. The van der Waals surface area contributed by atoms with E-state index in [1.54, 1.807) is 17.0 Å². The third-order valence-corrected chi connectivity index (χ3v) is 7.08. The van der Waals surface area contributed by atoms with Crippen LogP contribution in [-0.4, -0.2) is 60.0 Å². The highest BCUT2D eigenvalue weighted by molar-refractivity contribution is 6.33. The van der Waals surface area contributed by atoms with Crippen LogP contribution in [0.15, 0.2) is 24.5 Å². The van der Waals surface area contributed by atoms with Crippen LogP contribution >= 0.6 is 11.6 Å². The molecule has 1 saturated carbocycles. The number of carbonyl (C=O) groups excluding carboxylic acids is 1. The quantitative estimate of drug-likeness (QED) is 0.628. The first-order valence-corrected chi connectivity index (χ1v) is 11.9. The molecular formula is C24H25ClFN5O4. The minimum atomic E-state index is -0.758. The van der Waals surface area contributed by atoms with E-state index in [4.69, 9.17) is 31.1 Å². The molecule has 3 aliphatic rings. The van der Waals surface area contributed by atoms with Gasteiger partial charge in [-0.3, -0.25) is 0 Å². The molecule has 2 saturated heterocycles. The second-order valence-corrected chi connectivity index (χ2v) is 10.1. The van der Waals surface area contributed by atoms with Crippen LogP contribution in [0.5, 0.6) is 5.88 Å². The van der Waals surface area contributed by atoms with Gasteiger partial charge in [0.2, 0.25) is 5.82 Å². The number of carbonyl (C=O) groups is 1. The zero-order valence-corrected chi connectivity index (χ0v) is 19.9. The number of fused-ring (bicyclic) bond motifs is 2. The predicted molar refractivity (Wildman–Crippen MR) is 124 cm³/mol. The van der Waals surface area contributed by atoms with Crippen molar-refractivity contribution in [3.8, 4) is 11.9 Å². The molecule has 2 unspecified atom stereocenters. The molecule has 1 amide bonds.